The Morgan fingerprint density at radius 3 is 2.76 bits per heavy atom. The maximum Gasteiger partial charge on any atom is 0.264 e. The maximum absolute atomic E-state index is 13.4. The van der Waals surface area contributed by atoms with E-state index >= 15 is 0 Å². The summed E-state index contributed by atoms with van der Waals surface area (Å²) in [6, 6.07) is 19.2. The van der Waals surface area contributed by atoms with Gasteiger partial charge in [0.25, 0.3) is 5.91 Å². The van der Waals surface area contributed by atoms with Crippen molar-refractivity contribution >= 4 is 23.2 Å². The summed E-state index contributed by atoms with van der Waals surface area (Å²) in [6.07, 6.45) is 1.59. The summed E-state index contributed by atoms with van der Waals surface area (Å²) in [4.78, 5) is 36.6. The summed E-state index contributed by atoms with van der Waals surface area (Å²) in [5, 5.41) is 0. The SMILES string of the molecule is Cc1cccc(N2CCN(C(=O)CN3C(=O)c4cccnc4Oc4ccccc43)C[C@H]2C)c1. The Bertz CT molecular complexity index is 1210. The molecule has 1 atom stereocenters. The van der Waals surface area contributed by atoms with Crippen LogP contribution in [0.25, 0.3) is 0 Å². The van der Waals surface area contributed by atoms with Crippen LogP contribution in [-0.2, 0) is 4.79 Å². The molecule has 1 saturated heterocycles. The fourth-order valence-electron chi connectivity index (χ4n) is 4.53. The Kier molecular flexibility index (Phi) is 5.46. The molecule has 2 aliphatic rings. The van der Waals surface area contributed by atoms with Gasteiger partial charge < -0.3 is 14.5 Å². The summed E-state index contributed by atoms with van der Waals surface area (Å²) in [5.41, 5.74) is 3.31. The van der Waals surface area contributed by atoms with Crippen LogP contribution >= 0.6 is 0 Å². The molecule has 0 aliphatic carbocycles. The smallest absolute Gasteiger partial charge is 0.264 e. The zero-order valence-corrected chi connectivity index (χ0v) is 18.8. The fraction of sp³-hybridized carbons (Fsp3) is 0.269. The van der Waals surface area contributed by atoms with Gasteiger partial charge in [-0.1, -0.05) is 24.3 Å². The number of fused-ring (bicyclic) bond motifs is 2. The number of aryl methyl sites for hydroxylation is 1. The lowest BCUT2D eigenvalue weighted by molar-refractivity contribution is -0.130. The molecular weight excluding hydrogens is 416 g/mol. The van der Waals surface area contributed by atoms with Gasteiger partial charge in [-0.25, -0.2) is 4.98 Å². The fourth-order valence-corrected chi connectivity index (χ4v) is 4.53. The highest BCUT2D eigenvalue weighted by Gasteiger charge is 2.33. The van der Waals surface area contributed by atoms with Gasteiger partial charge in [-0.15, -0.1) is 0 Å². The third kappa shape index (κ3) is 4.02. The number of rotatable bonds is 3. The number of hydrogen-bond donors (Lipinski definition) is 0. The van der Waals surface area contributed by atoms with E-state index < -0.39 is 0 Å². The number of carbonyl (C=O) groups is 2. The van der Waals surface area contributed by atoms with E-state index in [1.54, 1.807) is 30.5 Å². The minimum absolute atomic E-state index is 0.0509. The van der Waals surface area contributed by atoms with E-state index in [2.05, 4.69) is 48.0 Å². The molecule has 0 bridgehead atoms. The van der Waals surface area contributed by atoms with Gasteiger partial charge in [0.1, 0.15) is 12.1 Å². The molecule has 7 heteroatoms. The van der Waals surface area contributed by atoms with E-state index in [0.29, 0.717) is 30.1 Å². The normalized spacial score (nSPS) is 17.7. The van der Waals surface area contributed by atoms with Crippen molar-refractivity contribution in [3.05, 3.63) is 78.0 Å². The van der Waals surface area contributed by atoms with Gasteiger partial charge in [-0.05, 0) is 55.8 Å². The second-order valence-corrected chi connectivity index (χ2v) is 8.54. The zero-order valence-electron chi connectivity index (χ0n) is 18.8. The molecule has 2 amide bonds. The highest BCUT2D eigenvalue weighted by molar-refractivity contribution is 6.11. The first-order valence-electron chi connectivity index (χ1n) is 11.2. The third-order valence-electron chi connectivity index (χ3n) is 6.22. The van der Waals surface area contributed by atoms with Gasteiger partial charge in [0.05, 0.1) is 5.69 Å². The first-order chi connectivity index (χ1) is 16.0. The van der Waals surface area contributed by atoms with Crippen LogP contribution in [0.3, 0.4) is 0 Å². The topological polar surface area (TPSA) is 66.0 Å². The molecule has 0 saturated carbocycles. The average molecular weight is 443 g/mol. The minimum Gasteiger partial charge on any atom is -0.436 e. The lowest BCUT2D eigenvalue weighted by Crippen LogP contribution is -2.55. The third-order valence-corrected chi connectivity index (χ3v) is 6.22. The summed E-state index contributed by atoms with van der Waals surface area (Å²) < 4.78 is 5.91. The molecule has 2 aliphatic heterocycles. The van der Waals surface area contributed by atoms with E-state index in [9.17, 15) is 9.59 Å². The van der Waals surface area contributed by atoms with Crippen LogP contribution in [0.5, 0.6) is 11.6 Å². The van der Waals surface area contributed by atoms with Crippen LogP contribution in [0.2, 0.25) is 0 Å². The van der Waals surface area contributed by atoms with Crippen LogP contribution in [-0.4, -0.2) is 53.9 Å². The number of amides is 2. The predicted octanol–water partition coefficient (Wildman–Crippen LogP) is 3.88. The summed E-state index contributed by atoms with van der Waals surface area (Å²) in [6.45, 7) is 6.12. The standard InChI is InChI=1S/C26H26N4O3/c1-18-7-5-8-20(15-18)29-14-13-28(16-19(29)2)24(31)17-30-22-10-3-4-11-23(22)33-25-21(26(30)32)9-6-12-27-25/h3-12,15,19H,13-14,16-17H2,1-2H3/t19-/m1/s1. The van der Waals surface area contributed by atoms with Crippen LogP contribution in [0.15, 0.2) is 66.9 Å². The molecule has 33 heavy (non-hydrogen) atoms. The molecule has 0 N–H and O–H groups in total. The molecule has 7 nitrogen and oxygen atoms in total. The van der Waals surface area contributed by atoms with Crippen molar-refractivity contribution in [2.45, 2.75) is 19.9 Å². The Morgan fingerprint density at radius 1 is 1.09 bits per heavy atom. The Balaban J connectivity index is 1.36. The number of benzene rings is 2. The van der Waals surface area contributed by atoms with Crippen molar-refractivity contribution < 1.29 is 14.3 Å². The number of pyridine rings is 1. The van der Waals surface area contributed by atoms with E-state index in [1.807, 2.05) is 17.0 Å². The summed E-state index contributed by atoms with van der Waals surface area (Å²) >= 11 is 0. The van der Waals surface area contributed by atoms with Gasteiger partial charge in [-0.3, -0.25) is 14.5 Å². The van der Waals surface area contributed by atoms with Gasteiger partial charge in [0.2, 0.25) is 11.8 Å². The number of para-hydroxylation sites is 2. The first kappa shape index (κ1) is 21.0. The molecular formula is C26H26N4O3. The van der Waals surface area contributed by atoms with Crippen molar-refractivity contribution in [3.8, 4) is 11.6 Å². The van der Waals surface area contributed by atoms with Gasteiger partial charge in [0.15, 0.2) is 5.75 Å². The zero-order chi connectivity index (χ0) is 22.9. The quantitative estimate of drug-likeness (QED) is 0.616. The number of aromatic nitrogens is 1. The highest BCUT2D eigenvalue weighted by atomic mass is 16.5. The Hall–Kier alpha value is -3.87. The number of carbonyl (C=O) groups excluding carboxylic acids is 2. The van der Waals surface area contributed by atoms with Crippen LogP contribution in [0, 0.1) is 6.92 Å². The number of ether oxygens (including phenoxy) is 1. The van der Waals surface area contributed by atoms with Crippen molar-refractivity contribution in [3.63, 3.8) is 0 Å². The van der Waals surface area contributed by atoms with E-state index in [1.165, 1.54) is 16.2 Å². The molecule has 1 fully saturated rings. The molecule has 1 aromatic heterocycles. The summed E-state index contributed by atoms with van der Waals surface area (Å²) in [5.74, 6) is 0.392. The van der Waals surface area contributed by atoms with E-state index in [-0.39, 0.29) is 30.3 Å². The Labute approximate surface area is 193 Å². The largest absolute Gasteiger partial charge is 0.436 e. The number of hydrogen-bond acceptors (Lipinski definition) is 5. The van der Waals surface area contributed by atoms with Gasteiger partial charge in [0, 0.05) is 37.6 Å². The van der Waals surface area contributed by atoms with E-state index in [0.717, 1.165) is 6.54 Å². The molecule has 3 aromatic rings. The van der Waals surface area contributed by atoms with Crippen LogP contribution < -0.4 is 14.5 Å². The van der Waals surface area contributed by atoms with Crippen LogP contribution in [0.4, 0.5) is 11.4 Å². The first-order valence-corrected chi connectivity index (χ1v) is 11.2. The average Bonchev–Trinajstić information content (AvgIpc) is 2.93. The van der Waals surface area contributed by atoms with Crippen LogP contribution in [0.1, 0.15) is 22.8 Å². The maximum atomic E-state index is 13.4. The molecule has 0 spiro atoms. The van der Waals surface area contributed by atoms with Crippen molar-refractivity contribution in [2.75, 3.05) is 36.0 Å². The van der Waals surface area contributed by atoms with Gasteiger partial charge in [-0.2, -0.15) is 0 Å². The molecule has 3 heterocycles. The second-order valence-electron chi connectivity index (χ2n) is 8.54. The highest BCUT2D eigenvalue weighted by Crippen LogP contribution is 2.37. The lowest BCUT2D eigenvalue weighted by atomic mass is 10.1. The minimum atomic E-state index is -0.289. The van der Waals surface area contributed by atoms with Gasteiger partial charge >= 0.3 is 0 Å². The number of piperazine rings is 1. The van der Waals surface area contributed by atoms with Crippen molar-refractivity contribution in [2.24, 2.45) is 0 Å². The lowest BCUT2D eigenvalue weighted by Gasteiger charge is -2.42. The number of anilines is 2. The molecule has 2 aromatic carbocycles. The monoisotopic (exact) mass is 442 g/mol. The van der Waals surface area contributed by atoms with Crippen molar-refractivity contribution in [1.82, 2.24) is 9.88 Å². The summed E-state index contributed by atoms with van der Waals surface area (Å²) in [7, 11) is 0. The Morgan fingerprint density at radius 2 is 1.94 bits per heavy atom. The molecule has 168 valence electrons. The van der Waals surface area contributed by atoms with Crippen molar-refractivity contribution in [1.29, 1.82) is 0 Å². The number of nitrogens with zero attached hydrogens (tertiary/aromatic N) is 4. The molecule has 5 rings (SSSR count). The second kappa shape index (κ2) is 8.58. The van der Waals surface area contributed by atoms with E-state index in [4.69, 9.17) is 4.74 Å². The molecule has 0 radical (unpaired) electrons. The predicted molar refractivity (Wildman–Crippen MR) is 127 cm³/mol. The molecule has 0 unspecified atom stereocenters.